The van der Waals surface area contributed by atoms with Crippen LogP contribution in [0.3, 0.4) is 0 Å². The van der Waals surface area contributed by atoms with Crippen molar-refractivity contribution in [3.8, 4) is 11.5 Å². The molecule has 3 rings (SSSR count). The Morgan fingerprint density at radius 3 is 1.91 bits per heavy atom. The predicted molar refractivity (Wildman–Crippen MR) is 133 cm³/mol. The maximum Gasteiger partial charge on any atom is 0.160 e. The molecule has 1 aliphatic rings. The molecule has 32 heavy (non-hydrogen) atoms. The normalized spacial score (nSPS) is 17.7. The van der Waals surface area contributed by atoms with E-state index in [0.29, 0.717) is 34.5 Å². The largest absolute Gasteiger partial charge is 0.457 e. The Kier molecular flexibility index (Phi) is 8.38. The van der Waals surface area contributed by atoms with Gasteiger partial charge in [-0.05, 0) is 67.2 Å². The van der Waals surface area contributed by atoms with Gasteiger partial charge in [0, 0.05) is 16.5 Å². The Bertz CT molecular complexity index is 1020. The Balaban J connectivity index is 0.00000176. The molecule has 0 saturated heterocycles. The van der Waals surface area contributed by atoms with Crippen LogP contribution in [0.15, 0.2) is 66.3 Å². The first-order chi connectivity index (χ1) is 15.1. The summed E-state index contributed by atoms with van der Waals surface area (Å²) in [7, 11) is 0. The van der Waals surface area contributed by atoms with E-state index in [-0.39, 0.29) is 17.0 Å². The number of rotatable bonds is 6. The molecule has 170 valence electrons. The standard InChI is InChI=1S/C27H30O3.C2H6/c1-17-7-8-22(15-18(17)2)27(5,6)21-9-11-23(12-10-21)30-24-13-14-25(19(3)28)26(16-24)20(4)29;1-2/h7-18H,1-6H3;1-2H3. The third-order valence-electron chi connectivity index (χ3n) is 6.13. The van der Waals surface area contributed by atoms with Gasteiger partial charge in [-0.2, -0.15) is 0 Å². The molecule has 2 aromatic rings. The lowest BCUT2D eigenvalue weighted by molar-refractivity contribution is 0.0980. The van der Waals surface area contributed by atoms with Crippen molar-refractivity contribution in [2.45, 2.75) is 60.8 Å². The molecule has 0 spiro atoms. The van der Waals surface area contributed by atoms with Gasteiger partial charge in [-0.3, -0.25) is 9.59 Å². The van der Waals surface area contributed by atoms with Gasteiger partial charge in [-0.1, -0.05) is 71.9 Å². The summed E-state index contributed by atoms with van der Waals surface area (Å²) in [5, 5.41) is 0. The van der Waals surface area contributed by atoms with E-state index in [1.165, 1.54) is 25.0 Å². The van der Waals surface area contributed by atoms with E-state index in [9.17, 15) is 9.59 Å². The van der Waals surface area contributed by atoms with E-state index in [0.717, 1.165) is 0 Å². The van der Waals surface area contributed by atoms with E-state index in [2.05, 4.69) is 58.1 Å². The Morgan fingerprint density at radius 2 is 1.38 bits per heavy atom. The maximum absolute atomic E-state index is 11.9. The molecule has 1 aliphatic carbocycles. The van der Waals surface area contributed by atoms with Crippen LogP contribution in [0.1, 0.15) is 81.7 Å². The van der Waals surface area contributed by atoms with Crippen molar-refractivity contribution in [2.75, 3.05) is 0 Å². The van der Waals surface area contributed by atoms with Gasteiger partial charge >= 0.3 is 0 Å². The number of carbonyl (C=O) groups is 2. The summed E-state index contributed by atoms with van der Waals surface area (Å²) < 4.78 is 5.96. The lowest BCUT2D eigenvalue weighted by atomic mass is 9.73. The average Bonchev–Trinajstić information content (AvgIpc) is 2.77. The second kappa shape index (κ2) is 10.6. The molecule has 0 bridgehead atoms. The van der Waals surface area contributed by atoms with Crippen molar-refractivity contribution in [3.05, 3.63) is 83.0 Å². The van der Waals surface area contributed by atoms with Crippen molar-refractivity contribution in [1.82, 2.24) is 0 Å². The lowest BCUT2D eigenvalue weighted by Crippen LogP contribution is -2.22. The first kappa shape index (κ1) is 25.3. The molecule has 3 nitrogen and oxygen atoms in total. The van der Waals surface area contributed by atoms with Crippen LogP contribution in [-0.2, 0) is 5.41 Å². The molecule has 0 N–H and O–H groups in total. The van der Waals surface area contributed by atoms with Gasteiger partial charge in [0.15, 0.2) is 11.6 Å². The van der Waals surface area contributed by atoms with Gasteiger partial charge in [-0.25, -0.2) is 0 Å². The Labute approximate surface area is 193 Å². The van der Waals surface area contributed by atoms with Crippen LogP contribution in [0.2, 0.25) is 0 Å². The fraction of sp³-hybridized carbons (Fsp3) is 0.379. The van der Waals surface area contributed by atoms with Crippen molar-refractivity contribution >= 4 is 11.6 Å². The quantitative estimate of drug-likeness (QED) is 0.435. The summed E-state index contributed by atoms with van der Waals surface area (Å²) in [6, 6.07) is 13.1. The number of hydrogen-bond donors (Lipinski definition) is 0. The minimum Gasteiger partial charge on any atom is -0.457 e. The number of Topliss-reactive ketones (excluding diaryl/α,β-unsaturated/α-hetero) is 2. The van der Waals surface area contributed by atoms with Crippen LogP contribution in [0.5, 0.6) is 11.5 Å². The topological polar surface area (TPSA) is 43.4 Å². The third kappa shape index (κ3) is 5.64. The highest BCUT2D eigenvalue weighted by molar-refractivity contribution is 6.07. The minimum atomic E-state index is -0.153. The highest BCUT2D eigenvalue weighted by atomic mass is 16.5. The molecular formula is C29H36O3. The summed E-state index contributed by atoms with van der Waals surface area (Å²) >= 11 is 0. The molecule has 0 saturated carbocycles. The summed E-state index contributed by atoms with van der Waals surface area (Å²) in [5.41, 5.74) is 3.24. The monoisotopic (exact) mass is 432 g/mol. The van der Waals surface area contributed by atoms with E-state index >= 15 is 0 Å². The molecule has 2 aromatic carbocycles. The average molecular weight is 433 g/mol. The fourth-order valence-electron chi connectivity index (χ4n) is 3.77. The van der Waals surface area contributed by atoms with E-state index in [1.807, 2.05) is 26.0 Å². The highest BCUT2D eigenvalue weighted by Crippen LogP contribution is 2.37. The summed E-state index contributed by atoms with van der Waals surface area (Å²) in [4.78, 5) is 23.6. The number of benzene rings is 2. The molecule has 0 radical (unpaired) electrons. The zero-order valence-electron chi connectivity index (χ0n) is 20.7. The third-order valence-corrected chi connectivity index (χ3v) is 6.13. The first-order valence-corrected chi connectivity index (χ1v) is 11.4. The lowest BCUT2D eigenvalue weighted by Gasteiger charge is -2.31. The van der Waals surface area contributed by atoms with Gasteiger partial charge in [-0.15, -0.1) is 0 Å². The zero-order chi connectivity index (χ0) is 24.1. The summed E-state index contributed by atoms with van der Waals surface area (Å²) in [6.07, 6.45) is 6.90. The van der Waals surface area contributed by atoms with E-state index in [4.69, 9.17) is 4.74 Å². The molecule has 0 fully saturated rings. The smallest absolute Gasteiger partial charge is 0.160 e. The van der Waals surface area contributed by atoms with Crippen LogP contribution in [-0.4, -0.2) is 11.6 Å². The van der Waals surface area contributed by atoms with Gasteiger partial charge < -0.3 is 4.74 Å². The predicted octanol–water partition coefficient (Wildman–Crippen LogP) is 7.96. The highest BCUT2D eigenvalue weighted by Gasteiger charge is 2.27. The maximum atomic E-state index is 11.9. The van der Waals surface area contributed by atoms with Crippen molar-refractivity contribution in [2.24, 2.45) is 11.8 Å². The molecule has 3 heteroatoms. The number of hydrogen-bond acceptors (Lipinski definition) is 3. The zero-order valence-corrected chi connectivity index (χ0v) is 20.7. The van der Waals surface area contributed by atoms with Crippen molar-refractivity contribution < 1.29 is 14.3 Å². The Morgan fingerprint density at radius 1 is 0.812 bits per heavy atom. The van der Waals surface area contributed by atoms with Crippen LogP contribution >= 0.6 is 0 Å². The second-order valence-electron chi connectivity index (χ2n) is 8.77. The number of ether oxygens (including phenoxy) is 1. The fourth-order valence-corrected chi connectivity index (χ4v) is 3.77. The van der Waals surface area contributed by atoms with Gasteiger partial charge in [0.2, 0.25) is 0 Å². The van der Waals surface area contributed by atoms with E-state index in [1.54, 1.807) is 18.2 Å². The summed E-state index contributed by atoms with van der Waals surface area (Å²) in [6.45, 7) is 15.9. The number of carbonyl (C=O) groups excluding carboxylic acids is 2. The second-order valence-corrected chi connectivity index (χ2v) is 8.77. The van der Waals surface area contributed by atoms with E-state index < -0.39 is 0 Å². The summed E-state index contributed by atoms with van der Waals surface area (Å²) in [5.74, 6) is 2.04. The minimum absolute atomic E-state index is 0.103. The first-order valence-electron chi connectivity index (χ1n) is 11.4. The van der Waals surface area contributed by atoms with Crippen molar-refractivity contribution in [3.63, 3.8) is 0 Å². The SMILES string of the molecule is CC.CC(=O)c1ccc(Oc2ccc(C(C)(C)C3=CC(C)C(C)C=C3)cc2)cc1C(C)=O. The molecule has 2 unspecified atom stereocenters. The molecule has 0 amide bonds. The molecular weight excluding hydrogens is 396 g/mol. The van der Waals surface area contributed by atoms with Crippen molar-refractivity contribution in [1.29, 1.82) is 0 Å². The van der Waals surface area contributed by atoms with Crippen LogP contribution in [0, 0.1) is 11.8 Å². The van der Waals surface area contributed by atoms with Gasteiger partial charge in [0.05, 0.1) is 0 Å². The van der Waals surface area contributed by atoms with Crippen LogP contribution in [0.25, 0.3) is 0 Å². The molecule has 0 heterocycles. The van der Waals surface area contributed by atoms with Crippen LogP contribution < -0.4 is 4.74 Å². The van der Waals surface area contributed by atoms with Crippen LogP contribution in [0.4, 0.5) is 0 Å². The Hall–Kier alpha value is -2.94. The van der Waals surface area contributed by atoms with Gasteiger partial charge in [0.25, 0.3) is 0 Å². The number of allylic oxidation sites excluding steroid dienone is 4. The molecule has 0 aromatic heterocycles. The molecule has 2 atom stereocenters. The molecule has 0 aliphatic heterocycles. The number of ketones is 2. The van der Waals surface area contributed by atoms with Gasteiger partial charge in [0.1, 0.15) is 11.5 Å².